The highest BCUT2D eigenvalue weighted by Crippen LogP contribution is 2.27. The maximum atomic E-state index is 5.79. The van der Waals surface area contributed by atoms with Crippen LogP contribution in [0.1, 0.15) is 0 Å². The minimum Gasteiger partial charge on any atom is -0.497 e. The lowest BCUT2D eigenvalue weighted by Crippen LogP contribution is -2.11. The Labute approximate surface area is 123 Å². The molecule has 2 aromatic carbocycles. The average Bonchev–Trinajstić information content (AvgIpc) is 2.53. The summed E-state index contributed by atoms with van der Waals surface area (Å²) in [7, 11) is 3.65. The molecule has 1 aromatic heterocycles. The van der Waals surface area contributed by atoms with Gasteiger partial charge in [-0.25, -0.2) is 4.98 Å². The number of aromatic nitrogens is 1. The SMILES string of the molecule is COc1cccc(N(C)c2ccc3cc(N)ccc3n2)c1. The van der Waals surface area contributed by atoms with Gasteiger partial charge in [0.2, 0.25) is 0 Å². The van der Waals surface area contributed by atoms with Gasteiger partial charge in [-0.15, -0.1) is 0 Å². The van der Waals surface area contributed by atoms with Crippen LogP contribution in [0.5, 0.6) is 5.75 Å². The van der Waals surface area contributed by atoms with Crippen molar-refractivity contribution in [1.82, 2.24) is 4.98 Å². The first-order valence-corrected chi connectivity index (χ1v) is 6.71. The van der Waals surface area contributed by atoms with E-state index in [0.717, 1.165) is 33.8 Å². The normalized spacial score (nSPS) is 10.6. The van der Waals surface area contributed by atoms with Gasteiger partial charge in [0, 0.05) is 29.9 Å². The minimum atomic E-state index is 0.748. The van der Waals surface area contributed by atoms with Gasteiger partial charge >= 0.3 is 0 Å². The monoisotopic (exact) mass is 279 g/mol. The second-order valence-electron chi connectivity index (χ2n) is 4.88. The first-order valence-electron chi connectivity index (χ1n) is 6.71. The van der Waals surface area contributed by atoms with E-state index in [0.29, 0.717) is 0 Å². The largest absolute Gasteiger partial charge is 0.497 e. The number of hydrogen-bond acceptors (Lipinski definition) is 4. The van der Waals surface area contributed by atoms with Crippen LogP contribution in [-0.4, -0.2) is 19.1 Å². The van der Waals surface area contributed by atoms with E-state index < -0.39 is 0 Å². The molecule has 0 aliphatic carbocycles. The van der Waals surface area contributed by atoms with Crippen LogP contribution in [0, 0.1) is 0 Å². The van der Waals surface area contributed by atoms with Crippen LogP contribution < -0.4 is 15.4 Å². The molecule has 3 aromatic rings. The highest BCUT2D eigenvalue weighted by atomic mass is 16.5. The Hall–Kier alpha value is -2.75. The van der Waals surface area contributed by atoms with Crippen molar-refractivity contribution in [3.63, 3.8) is 0 Å². The maximum Gasteiger partial charge on any atom is 0.133 e. The van der Waals surface area contributed by atoms with Crippen LogP contribution in [0.3, 0.4) is 0 Å². The van der Waals surface area contributed by atoms with Crippen molar-refractivity contribution in [3.8, 4) is 5.75 Å². The van der Waals surface area contributed by atoms with Crippen molar-refractivity contribution in [2.75, 3.05) is 24.8 Å². The lowest BCUT2D eigenvalue weighted by molar-refractivity contribution is 0.415. The number of methoxy groups -OCH3 is 1. The number of rotatable bonds is 3. The van der Waals surface area contributed by atoms with Gasteiger partial charge in [-0.3, -0.25) is 0 Å². The molecule has 0 amide bonds. The summed E-state index contributed by atoms with van der Waals surface area (Å²) < 4.78 is 5.26. The Bertz CT molecular complexity index is 786. The van der Waals surface area contributed by atoms with E-state index in [-0.39, 0.29) is 0 Å². The van der Waals surface area contributed by atoms with Crippen molar-refractivity contribution < 1.29 is 4.74 Å². The number of nitrogens with two attached hydrogens (primary N) is 1. The second-order valence-corrected chi connectivity index (χ2v) is 4.88. The third kappa shape index (κ3) is 2.60. The van der Waals surface area contributed by atoms with Gasteiger partial charge < -0.3 is 15.4 Å². The highest BCUT2D eigenvalue weighted by molar-refractivity contribution is 5.84. The molecule has 0 fully saturated rings. The fraction of sp³-hybridized carbons (Fsp3) is 0.118. The van der Waals surface area contributed by atoms with Gasteiger partial charge in [-0.1, -0.05) is 6.07 Å². The van der Waals surface area contributed by atoms with Crippen molar-refractivity contribution in [2.24, 2.45) is 0 Å². The molecule has 21 heavy (non-hydrogen) atoms. The Morgan fingerprint density at radius 3 is 2.71 bits per heavy atom. The number of anilines is 3. The van der Waals surface area contributed by atoms with E-state index in [1.165, 1.54) is 0 Å². The Morgan fingerprint density at radius 1 is 1.05 bits per heavy atom. The van der Waals surface area contributed by atoms with Crippen LogP contribution in [0.25, 0.3) is 10.9 Å². The topological polar surface area (TPSA) is 51.4 Å². The predicted molar refractivity (Wildman–Crippen MR) is 87.2 cm³/mol. The summed E-state index contributed by atoms with van der Waals surface area (Å²) in [6.07, 6.45) is 0. The molecule has 0 saturated heterocycles. The molecule has 0 atom stereocenters. The molecular weight excluding hydrogens is 262 g/mol. The first kappa shape index (κ1) is 13.2. The molecule has 0 aliphatic heterocycles. The molecule has 0 unspecified atom stereocenters. The molecule has 4 nitrogen and oxygen atoms in total. The number of nitrogens with zero attached hydrogens (tertiary/aromatic N) is 2. The van der Waals surface area contributed by atoms with Gasteiger partial charge in [0.15, 0.2) is 0 Å². The van der Waals surface area contributed by atoms with Crippen LogP contribution >= 0.6 is 0 Å². The van der Waals surface area contributed by atoms with Gasteiger partial charge in [-0.2, -0.15) is 0 Å². The minimum absolute atomic E-state index is 0.748. The second kappa shape index (κ2) is 5.32. The van der Waals surface area contributed by atoms with E-state index >= 15 is 0 Å². The zero-order valence-corrected chi connectivity index (χ0v) is 12.1. The molecule has 0 spiro atoms. The van der Waals surface area contributed by atoms with E-state index in [1.54, 1.807) is 7.11 Å². The van der Waals surface area contributed by atoms with Gasteiger partial charge in [0.25, 0.3) is 0 Å². The molecule has 106 valence electrons. The van der Waals surface area contributed by atoms with Crippen molar-refractivity contribution in [1.29, 1.82) is 0 Å². The quantitative estimate of drug-likeness (QED) is 0.744. The predicted octanol–water partition coefficient (Wildman–Crippen LogP) is 3.59. The zero-order chi connectivity index (χ0) is 14.8. The highest BCUT2D eigenvalue weighted by Gasteiger charge is 2.07. The van der Waals surface area contributed by atoms with Crippen LogP contribution in [0.2, 0.25) is 0 Å². The van der Waals surface area contributed by atoms with Gasteiger partial charge in [-0.05, 0) is 42.5 Å². The third-order valence-electron chi connectivity index (χ3n) is 3.48. The van der Waals surface area contributed by atoms with Crippen LogP contribution in [-0.2, 0) is 0 Å². The van der Waals surface area contributed by atoms with E-state index in [9.17, 15) is 0 Å². The summed E-state index contributed by atoms with van der Waals surface area (Å²) in [5.74, 6) is 1.70. The molecule has 2 N–H and O–H groups in total. The third-order valence-corrected chi connectivity index (χ3v) is 3.48. The lowest BCUT2D eigenvalue weighted by atomic mass is 10.2. The number of hydrogen-bond donors (Lipinski definition) is 1. The molecule has 0 radical (unpaired) electrons. The summed E-state index contributed by atoms with van der Waals surface area (Å²) in [5, 5.41) is 1.04. The molecule has 0 bridgehead atoms. The Kier molecular flexibility index (Phi) is 3.36. The van der Waals surface area contributed by atoms with Crippen LogP contribution in [0.4, 0.5) is 17.2 Å². The van der Waals surface area contributed by atoms with E-state index in [4.69, 9.17) is 10.5 Å². The average molecular weight is 279 g/mol. The molecule has 3 rings (SSSR count). The van der Waals surface area contributed by atoms with Crippen molar-refractivity contribution in [2.45, 2.75) is 0 Å². The fourth-order valence-electron chi connectivity index (χ4n) is 2.27. The van der Waals surface area contributed by atoms with Crippen molar-refractivity contribution in [3.05, 3.63) is 54.6 Å². The summed E-state index contributed by atoms with van der Waals surface area (Å²) in [5.41, 5.74) is 8.49. The number of pyridine rings is 1. The zero-order valence-electron chi connectivity index (χ0n) is 12.1. The summed E-state index contributed by atoms with van der Waals surface area (Å²) in [4.78, 5) is 6.70. The van der Waals surface area contributed by atoms with E-state index in [1.807, 2.05) is 66.5 Å². The number of nitrogen functional groups attached to an aromatic ring is 1. The molecule has 0 aliphatic rings. The molecule has 0 saturated carbocycles. The smallest absolute Gasteiger partial charge is 0.133 e. The lowest BCUT2D eigenvalue weighted by Gasteiger charge is -2.19. The number of ether oxygens (including phenoxy) is 1. The van der Waals surface area contributed by atoms with Crippen LogP contribution in [0.15, 0.2) is 54.6 Å². The Balaban J connectivity index is 2.00. The number of fused-ring (bicyclic) bond motifs is 1. The first-order chi connectivity index (χ1) is 10.2. The molecular formula is C17H17N3O. The summed E-state index contributed by atoms with van der Waals surface area (Å²) in [6, 6.07) is 17.6. The standard InChI is InChI=1S/C17H17N3O/c1-20(14-4-3-5-15(11-14)21-2)17-9-6-12-10-13(18)7-8-16(12)19-17/h3-11H,18H2,1-2H3. The van der Waals surface area contributed by atoms with Crippen molar-refractivity contribution >= 4 is 28.1 Å². The maximum absolute atomic E-state index is 5.79. The van der Waals surface area contributed by atoms with E-state index in [2.05, 4.69) is 4.98 Å². The van der Waals surface area contributed by atoms with Gasteiger partial charge in [0.1, 0.15) is 11.6 Å². The molecule has 4 heteroatoms. The summed E-state index contributed by atoms with van der Waals surface area (Å²) >= 11 is 0. The fourth-order valence-corrected chi connectivity index (χ4v) is 2.27. The van der Waals surface area contributed by atoms with Gasteiger partial charge in [0.05, 0.1) is 12.6 Å². The summed E-state index contributed by atoms with van der Waals surface area (Å²) in [6.45, 7) is 0. The Morgan fingerprint density at radius 2 is 1.90 bits per heavy atom. The molecule has 1 heterocycles. The number of benzene rings is 2.